The van der Waals surface area contributed by atoms with Crippen molar-refractivity contribution < 1.29 is 14.7 Å². The minimum Gasteiger partial charge on any atom is -0.480 e. The molecule has 2 aromatic rings. The second kappa shape index (κ2) is 6.89. The maximum Gasteiger partial charge on any atom is 0.326 e. The van der Waals surface area contributed by atoms with Crippen LogP contribution in [0, 0.1) is 0 Å². The number of amides is 1. The Bertz CT molecular complexity index is 751. The first kappa shape index (κ1) is 15.8. The van der Waals surface area contributed by atoms with Crippen molar-refractivity contribution in [2.24, 2.45) is 0 Å². The van der Waals surface area contributed by atoms with Crippen molar-refractivity contribution in [2.75, 3.05) is 0 Å². The average molecular weight is 302 g/mol. The molecule has 116 valence electrons. The molecule has 1 aromatic heterocycles. The summed E-state index contributed by atoms with van der Waals surface area (Å²) in [5, 5.41) is 12.7. The molecule has 2 rings (SSSR count). The topological polar surface area (TPSA) is 99.3 Å². The van der Waals surface area contributed by atoms with E-state index in [9.17, 15) is 14.4 Å². The van der Waals surface area contributed by atoms with E-state index >= 15 is 0 Å². The van der Waals surface area contributed by atoms with Gasteiger partial charge in [0.25, 0.3) is 11.5 Å². The van der Waals surface area contributed by atoms with E-state index < -0.39 is 17.9 Å². The van der Waals surface area contributed by atoms with Crippen molar-refractivity contribution in [3.63, 3.8) is 0 Å². The van der Waals surface area contributed by atoms with Crippen molar-refractivity contribution in [3.05, 3.63) is 46.4 Å². The number of fused-ring (bicyclic) bond motifs is 1. The van der Waals surface area contributed by atoms with Gasteiger partial charge in [-0.3, -0.25) is 9.59 Å². The Morgan fingerprint density at radius 2 is 2.05 bits per heavy atom. The first-order chi connectivity index (χ1) is 10.5. The fourth-order valence-electron chi connectivity index (χ4n) is 2.23. The molecule has 1 heterocycles. The molecule has 0 radical (unpaired) electrons. The number of aliphatic carboxylic acids is 1. The number of pyridine rings is 1. The summed E-state index contributed by atoms with van der Waals surface area (Å²) in [7, 11) is 0. The summed E-state index contributed by atoms with van der Waals surface area (Å²) >= 11 is 0. The fourth-order valence-corrected chi connectivity index (χ4v) is 2.23. The monoisotopic (exact) mass is 302 g/mol. The predicted molar refractivity (Wildman–Crippen MR) is 83.0 cm³/mol. The van der Waals surface area contributed by atoms with Gasteiger partial charge in [-0.2, -0.15) is 0 Å². The lowest BCUT2D eigenvalue weighted by Crippen LogP contribution is -2.41. The smallest absolute Gasteiger partial charge is 0.326 e. The second-order valence-electron chi connectivity index (χ2n) is 5.11. The van der Waals surface area contributed by atoms with Gasteiger partial charge in [-0.25, -0.2) is 4.79 Å². The molecule has 0 unspecified atom stereocenters. The van der Waals surface area contributed by atoms with Crippen LogP contribution in [0.2, 0.25) is 0 Å². The van der Waals surface area contributed by atoms with E-state index in [4.69, 9.17) is 5.11 Å². The maximum absolute atomic E-state index is 12.2. The molecule has 22 heavy (non-hydrogen) atoms. The second-order valence-corrected chi connectivity index (χ2v) is 5.11. The number of aromatic nitrogens is 1. The van der Waals surface area contributed by atoms with Crippen LogP contribution in [0.4, 0.5) is 0 Å². The molecule has 0 saturated carbocycles. The Hall–Kier alpha value is -2.63. The minimum absolute atomic E-state index is 0.0615. The Morgan fingerprint density at radius 3 is 2.73 bits per heavy atom. The minimum atomic E-state index is -1.08. The third kappa shape index (κ3) is 3.52. The van der Waals surface area contributed by atoms with Crippen LogP contribution in [0.5, 0.6) is 0 Å². The number of aromatic amines is 1. The van der Waals surface area contributed by atoms with Crippen LogP contribution in [-0.2, 0) is 4.79 Å². The van der Waals surface area contributed by atoms with Gasteiger partial charge in [0, 0.05) is 5.39 Å². The van der Waals surface area contributed by atoms with Crippen LogP contribution >= 0.6 is 0 Å². The zero-order chi connectivity index (χ0) is 16.1. The van der Waals surface area contributed by atoms with E-state index in [1.807, 2.05) is 6.92 Å². The average Bonchev–Trinajstić information content (AvgIpc) is 2.50. The van der Waals surface area contributed by atoms with Gasteiger partial charge in [0.05, 0.1) is 0 Å². The first-order valence-corrected chi connectivity index (χ1v) is 7.18. The summed E-state index contributed by atoms with van der Waals surface area (Å²) in [5.74, 6) is -1.67. The van der Waals surface area contributed by atoms with Crippen molar-refractivity contribution in [1.29, 1.82) is 0 Å². The SMILES string of the molecule is CCCC[C@H](NC(=O)c1cc2ccccc2c(=O)[nH]1)C(=O)O. The van der Waals surface area contributed by atoms with Gasteiger partial charge in [0.1, 0.15) is 11.7 Å². The summed E-state index contributed by atoms with van der Waals surface area (Å²) in [6.07, 6.45) is 1.90. The molecule has 1 aromatic carbocycles. The molecule has 0 aliphatic rings. The van der Waals surface area contributed by atoms with Gasteiger partial charge in [-0.1, -0.05) is 38.0 Å². The van der Waals surface area contributed by atoms with Gasteiger partial charge in [0.15, 0.2) is 0 Å². The molecule has 0 fully saturated rings. The van der Waals surface area contributed by atoms with E-state index in [0.29, 0.717) is 23.6 Å². The highest BCUT2D eigenvalue weighted by Gasteiger charge is 2.20. The van der Waals surface area contributed by atoms with Crippen LogP contribution < -0.4 is 10.9 Å². The molecular weight excluding hydrogens is 284 g/mol. The molecular formula is C16H18N2O4. The standard InChI is InChI=1S/C16H18N2O4/c1-2-3-8-12(16(21)22)17-15(20)13-9-10-6-4-5-7-11(10)14(19)18-13/h4-7,9,12H,2-3,8H2,1H3,(H,17,20)(H,18,19)(H,21,22)/t12-/m0/s1. The number of carbonyl (C=O) groups excluding carboxylic acids is 1. The third-order valence-corrected chi connectivity index (χ3v) is 3.45. The molecule has 0 saturated heterocycles. The summed E-state index contributed by atoms with van der Waals surface area (Å²) in [6.45, 7) is 1.95. The number of hydrogen-bond donors (Lipinski definition) is 3. The molecule has 0 bridgehead atoms. The van der Waals surface area contributed by atoms with Crippen molar-refractivity contribution in [2.45, 2.75) is 32.2 Å². The highest BCUT2D eigenvalue weighted by atomic mass is 16.4. The predicted octanol–water partition coefficient (Wildman–Crippen LogP) is 1.90. The molecule has 1 amide bonds. The Balaban J connectivity index is 2.25. The fraction of sp³-hybridized carbons (Fsp3) is 0.312. The maximum atomic E-state index is 12.2. The van der Waals surface area contributed by atoms with Crippen LogP contribution in [0.1, 0.15) is 36.7 Å². The van der Waals surface area contributed by atoms with Crippen LogP contribution in [0.25, 0.3) is 10.8 Å². The lowest BCUT2D eigenvalue weighted by atomic mass is 10.1. The van der Waals surface area contributed by atoms with Crippen molar-refractivity contribution in [1.82, 2.24) is 10.3 Å². The van der Waals surface area contributed by atoms with Crippen molar-refractivity contribution in [3.8, 4) is 0 Å². The van der Waals surface area contributed by atoms with E-state index in [0.717, 1.165) is 6.42 Å². The van der Waals surface area contributed by atoms with E-state index in [1.54, 1.807) is 30.3 Å². The Morgan fingerprint density at radius 1 is 1.32 bits per heavy atom. The molecule has 6 heteroatoms. The summed E-state index contributed by atoms with van der Waals surface area (Å²) < 4.78 is 0. The largest absolute Gasteiger partial charge is 0.480 e. The Labute approximate surface area is 127 Å². The van der Waals surface area contributed by atoms with Gasteiger partial charge in [0.2, 0.25) is 0 Å². The number of carbonyl (C=O) groups is 2. The highest BCUT2D eigenvalue weighted by molar-refractivity contribution is 5.98. The zero-order valence-electron chi connectivity index (χ0n) is 12.3. The van der Waals surface area contributed by atoms with Crippen LogP contribution in [-0.4, -0.2) is 28.0 Å². The molecule has 0 spiro atoms. The highest BCUT2D eigenvalue weighted by Crippen LogP contribution is 2.10. The lowest BCUT2D eigenvalue weighted by molar-refractivity contribution is -0.139. The van der Waals surface area contributed by atoms with Crippen molar-refractivity contribution >= 4 is 22.6 Å². The quantitative estimate of drug-likeness (QED) is 0.759. The van der Waals surface area contributed by atoms with E-state index in [2.05, 4.69) is 10.3 Å². The number of rotatable bonds is 6. The molecule has 6 nitrogen and oxygen atoms in total. The first-order valence-electron chi connectivity index (χ1n) is 7.18. The summed E-state index contributed by atoms with van der Waals surface area (Å²) in [6, 6.07) is 7.49. The number of benzene rings is 1. The zero-order valence-corrected chi connectivity index (χ0v) is 12.3. The molecule has 3 N–H and O–H groups in total. The molecule has 1 atom stereocenters. The Kier molecular flexibility index (Phi) is 4.93. The van der Waals surface area contributed by atoms with Gasteiger partial charge >= 0.3 is 5.97 Å². The summed E-state index contributed by atoms with van der Waals surface area (Å²) in [4.78, 5) is 37.8. The number of hydrogen-bond acceptors (Lipinski definition) is 3. The number of nitrogens with one attached hydrogen (secondary N) is 2. The number of H-pyrrole nitrogens is 1. The number of carboxylic acid groups (broad SMARTS) is 1. The van der Waals surface area contributed by atoms with Crippen LogP contribution in [0.3, 0.4) is 0 Å². The van der Waals surface area contributed by atoms with E-state index in [1.165, 1.54) is 0 Å². The summed E-state index contributed by atoms with van der Waals surface area (Å²) in [5.41, 5.74) is -0.310. The van der Waals surface area contributed by atoms with Gasteiger partial charge < -0.3 is 15.4 Å². The number of unbranched alkanes of at least 4 members (excludes halogenated alkanes) is 1. The number of carboxylic acids is 1. The normalized spacial score (nSPS) is 12.0. The molecule has 0 aliphatic heterocycles. The third-order valence-electron chi connectivity index (χ3n) is 3.45. The van der Waals surface area contributed by atoms with E-state index in [-0.39, 0.29) is 11.3 Å². The molecule has 0 aliphatic carbocycles. The van der Waals surface area contributed by atoms with Gasteiger partial charge in [-0.05, 0) is 23.9 Å². The van der Waals surface area contributed by atoms with Crippen LogP contribution in [0.15, 0.2) is 35.1 Å². The lowest BCUT2D eigenvalue weighted by Gasteiger charge is -2.14. The van der Waals surface area contributed by atoms with Gasteiger partial charge in [-0.15, -0.1) is 0 Å².